The van der Waals surface area contributed by atoms with Crippen molar-refractivity contribution in [2.75, 3.05) is 18.5 Å². The van der Waals surface area contributed by atoms with E-state index in [4.69, 9.17) is 0 Å². The molecule has 2 heterocycles. The van der Waals surface area contributed by atoms with Gasteiger partial charge in [-0.3, -0.25) is 0 Å². The highest BCUT2D eigenvalue weighted by Gasteiger charge is 2.22. The largest absolute Gasteiger partial charge is 0.477 e. The molecule has 0 fully saturated rings. The number of aromatic carboxylic acids is 1. The molecule has 0 atom stereocenters. The van der Waals surface area contributed by atoms with E-state index in [0.717, 1.165) is 41.5 Å². The zero-order valence-corrected chi connectivity index (χ0v) is 9.66. The number of rotatable bonds is 1. The third-order valence-electron chi connectivity index (χ3n) is 3.45. The van der Waals surface area contributed by atoms with Gasteiger partial charge >= 0.3 is 5.97 Å². The monoisotopic (exact) mass is 230 g/mol. The summed E-state index contributed by atoms with van der Waals surface area (Å²) in [6.07, 6.45) is 1.81. The van der Waals surface area contributed by atoms with Gasteiger partial charge in [-0.2, -0.15) is 0 Å². The molecule has 0 spiro atoms. The first kappa shape index (κ1) is 10.2. The third-order valence-corrected chi connectivity index (χ3v) is 3.45. The minimum Gasteiger partial charge on any atom is -0.477 e. The number of carbonyl (C=O) groups is 1. The van der Waals surface area contributed by atoms with Gasteiger partial charge in [-0.1, -0.05) is 6.07 Å². The normalized spacial score (nSPS) is 15.0. The summed E-state index contributed by atoms with van der Waals surface area (Å²) >= 11 is 0. The van der Waals surface area contributed by atoms with Crippen LogP contribution in [0.1, 0.15) is 22.5 Å². The highest BCUT2D eigenvalue weighted by Crippen LogP contribution is 2.34. The second kappa shape index (κ2) is 3.52. The Morgan fingerprint density at radius 1 is 1.47 bits per heavy atom. The second-order valence-electron chi connectivity index (χ2n) is 4.51. The van der Waals surface area contributed by atoms with Crippen LogP contribution < -0.4 is 4.90 Å². The predicted molar refractivity (Wildman–Crippen MR) is 66.8 cm³/mol. The first-order valence-corrected chi connectivity index (χ1v) is 5.76. The van der Waals surface area contributed by atoms with E-state index < -0.39 is 5.97 Å². The van der Waals surface area contributed by atoms with Crippen molar-refractivity contribution in [3.63, 3.8) is 0 Å². The maximum atomic E-state index is 11.2. The first-order chi connectivity index (χ1) is 8.18. The number of carboxylic acid groups (broad SMARTS) is 1. The van der Waals surface area contributed by atoms with E-state index in [1.165, 1.54) is 0 Å². The Bertz CT molecular complexity index is 601. The molecule has 0 bridgehead atoms. The fourth-order valence-electron chi connectivity index (χ4n) is 2.66. The van der Waals surface area contributed by atoms with Gasteiger partial charge in [0.25, 0.3) is 0 Å². The summed E-state index contributed by atoms with van der Waals surface area (Å²) in [6, 6.07) is 5.95. The summed E-state index contributed by atoms with van der Waals surface area (Å²) in [7, 11) is 2.05. The van der Waals surface area contributed by atoms with Gasteiger partial charge in [-0.25, -0.2) is 4.79 Å². The van der Waals surface area contributed by atoms with E-state index in [1.807, 2.05) is 12.1 Å². The van der Waals surface area contributed by atoms with Gasteiger partial charge < -0.3 is 15.0 Å². The summed E-state index contributed by atoms with van der Waals surface area (Å²) in [6.45, 7) is 0.965. The molecule has 4 heteroatoms. The van der Waals surface area contributed by atoms with Gasteiger partial charge in [0.2, 0.25) is 0 Å². The fourth-order valence-corrected chi connectivity index (χ4v) is 2.66. The van der Waals surface area contributed by atoms with Crippen molar-refractivity contribution in [2.45, 2.75) is 12.8 Å². The Hall–Kier alpha value is -1.97. The lowest BCUT2D eigenvalue weighted by molar-refractivity contribution is 0.0690. The fraction of sp³-hybridized carbons (Fsp3) is 0.308. The molecular formula is C13H14N2O2. The molecule has 4 nitrogen and oxygen atoms in total. The molecule has 0 radical (unpaired) electrons. The topological polar surface area (TPSA) is 56.3 Å². The van der Waals surface area contributed by atoms with Crippen LogP contribution in [-0.4, -0.2) is 29.7 Å². The number of hydrogen-bond acceptors (Lipinski definition) is 2. The number of aromatic amines is 1. The van der Waals surface area contributed by atoms with E-state index in [9.17, 15) is 9.90 Å². The number of nitrogens with zero attached hydrogens (tertiary/aromatic N) is 1. The van der Waals surface area contributed by atoms with E-state index in [-0.39, 0.29) is 0 Å². The van der Waals surface area contributed by atoms with Crippen LogP contribution in [0.3, 0.4) is 0 Å². The van der Waals surface area contributed by atoms with E-state index in [2.05, 4.69) is 23.0 Å². The minimum atomic E-state index is -0.869. The third kappa shape index (κ3) is 1.40. The Morgan fingerprint density at radius 3 is 3.06 bits per heavy atom. The SMILES string of the molecule is CN1CCCc2c(C(=O)O)[nH]c3cccc1c23. The molecule has 0 saturated carbocycles. The molecule has 0 saturated heterocycles. The highest BCUT2D eigenvalue weighted by atomic mass is 16.4. The predicted octanol–water partition coefficient (Wildman–Crippen LogP) is 2.25. The number of H-pyrrole nitrogens is 1. The number of benzene rings is 1. The van der Waals surface area contributed by atoms with Crippen LogP contribution >= 0.6 is 0 Å². The number of hydrogen-bond donors (Lipinski definition) is 2. The molecule has 3 rings (SSSR count). The second-order valence-corrected chi connectivity index (χ2v) is 4.51. The maximum absolute atomic E-state index is 11.2. The lowest BCUT2D eigenvalue weighted by atomic mass is 10.1. The Kier molecular flexibility index (Phi) is 2.11. The molecule has 0 amide bonds. The van der Waals surface area contributed by atoms with E-state index >= 15 is 0 Å². The van der Waals surface area contributed by atoms with Crippen molar-refractivity contribution in [1.82, 2.24) is 4.98 Å². The van der Waals surface area contributed by atoms with E-state index in [1.54, 1.807) is 0 Å². The molecule has 0 unspecified atom stereocenters. The molecule has 17 heavy (non-hydrogen) atoms. The smallest absolute Gasteiger partial charge is 0.352 e. The van der Waals surface area contributed by atoms with Crippen molar-refractivity contribution in [2.24, 2.45) is 0 Å². The lowest BCUT2D eigenvalue weighted by Gasteiger charge is -2.17. The molecule has 1 aromatic heterocycles. The van der Waals surface area contributed by atoms with Crippen molar-refractivity contribution >= 4 is 22.6 Å². The van der Waals surface area contributed by atoms with Gasteiger partial charge in [0.05, 0.1) is 0 Å². The van der Waals surface area contributed by atoms with Gasteiger partial charge in [0.1, 0.15) is 5.69 Å². The standard InChI is InChI=1S/C13H14N2O2/c1-15-7-3-4-8-11-9(5-2-6-10(11)15)14-12(8)13(16)17/h2,5-6,14H,3-4,7H2,1H3,(H,16,17). The summed E-state index contributed by atoms with van der Waals surface area (Å²) in [5.41, 5.74) is 3.35. The lowest BCUT2D eigenvalue weighted by Crippen LogP contribution is -2.17. The molecule has 1 aliphatic heterocycles. The Balaban J connectivity index is 2.39. The molecule has 1 aliphatic rings. The number of carboxylic acids is 1. The van der Waals surface area contributed by atoms with Crippen molar-refractivity contribution in [1.29, 1.82) is 0 Å². The molecule has 88 valence electrons. The van der Waals surface area contributed by atoms with Gasteiger partial charge in [-0.15, -0.1) is 0 Å². The van der Waals surface area contributed by atoms with Crippen LogP contribution in [0, 0.1) is 0 Å². The average molecular weight is 230 g/mol. The Labute approximate surface area is 98.9 Å². The van der Waals surface area contributed by atoms with Crippen LogP contribution in [0.5, 0.6) is 0 Å². The van der Waals surface area contributed by atoms with Crippen molar-refractivity contribution in [3.05, 3.63) is 29.5 Å². The quantitative estimate of drug-likeness (QED) is 0.790. The zero-order chi connectivity index (χ0) is 12.0. The van der Waals surface area contributed by atoms with Crippen LogP contribution in [0.4, 0.5) is 5.69 Å². The Morgan fingerprint density at radius 2 is 2.29 bits per heavy atom. The van der Waals surface area contributed by atoms with Crippen molar-refractivity contribution in [3.8, 4) is 0 Å². The van der Waals surface area contributed by atoms with Crippen LogP contribution in [0.25, 0.3) is 10.9 Å². The number of nitrogens with one attached hydrogen (secondary N) is 1. The van der Waals surface area contributed by atoms with Crippen LogP contribution in [-0.2, 0) is 6.42 Å². The summed E-state index contributed by atoms with van der Waals surface area (Å²) in [5, 5.41) is 10.3. The molecule has 2 aromatic rings. The maximum Gasteiger partial charge on any atom is 0.352 e. The summed E-state index contributed by atoms with van der Waals surface area (Å²) in [4.78, 5) is 16.4. The highest BCUT2D eigenvalue weighted by molar-refractivity contribution is 6.03. The number of anilines is 1. The number of aromatic nitrogens is 1. The summed E-state index contributed by atoms with van der Waals surface area (Å²) in [5.74, 6) is -0.869. The van der Waals surface area contributed by atoms with Gasteiger partial charge in [0, 0.05) is 30.2 Å². The van der Waals surface area contributed by atoms with E-state index in [0.29, 0.717) is 5.69 Å². The minimum absolute atomic E-state index is 0.350. The average Bonchev–Trinajstić information content (AvgIpc) is 2.59. The van der Waals surface area contributed by atoms with Crippen LogP contribution in [0.2, 0.25) is 0 Å². The first-order valence-electron chi connectivity index (χ1n) is 5.76. The zero-order valence-electron chi connectivity index (χ0n) is 9.66. The van der Waals surface area contributed by atoms with Gasteiger partial charge in [0.15, 0.2) is 0 Å². The summed E-state index contributed by atoms with van der Waals surface area (Å²) < 4.78 is 0. The molecule has 0 aliphatic carbocycles. The number of aryl methyl sites for hydroxylation is 1. The molecule has 2 N–H and O–H groups in total. The van der Waals surface area contributed by atoms with Gasteiger partial charge in [-0.05, 0) is 30.5 Å². The molecule has 1 aromatic carbocycles. The van der Waals surface area contributed by atoms with Crippen LogP contribution in [0.15, 0.2) is 18.2 Å². The molecular weight excluding hydrogens is 216 g/mol. The van der Waals surface area contributed by atoms with Crippen molar-refractivity contribution < 1.29 is 9.90 Å².